The highest BCUT2D eigenvalue weighted by atomic mass is 32.1. The van der Waals surface area contributed by atoms with Crippen LogP contribution >= 0.6 is 11.3 Å². The molecular weight excluding hydrogens is 248 g/mol. The second kappa shape index (κ2) is 8.05. The van der Waals surface area contributed by atoms with Crippen LogP contribution in [0.15, 0.2) is 11.2 Å². The van der Waals surface area contributed by atoms with Crippen LogP contribution < -0.4 is 10.6 Å². The van der Waals surface area contributed by atoms with Gasteiger partial charge in [-0.05, 0) is 13.3 Å². The van der Waals surface area contributed by atoms with Gasteiger partial charge in [0.1, 0.15) is 5.01 Å². The number of hydrogen-bond donors (Lipinski definition) is 2. The molecule has 0 radical (unpaired) electrons. The van der Waals surface area contributed by atoms with Gasteiger partial charge in [-0.1, -0.05) is 6.92 Å². The Morgan fingerprint density at radius 1 is 1.61 bits per heavy atom. The van der Waals surface area contributed by atoms with Crippen molar-refractivity contribution < 1.29 is 4.74 Å². The van der Waals surface area contributed by atoms with Crippen molar-refractivity contribution in [3.05, 3.63) is 16.1 Å². The van der Waals surface area contributed by atoms with E-state index in [-0.39, 0.29) is 6.04 Å². The number of nitrogens with one attached hydrogen (secondary N) is 2. The Morgan fingerprint density at radius 2 is 2.39 bits per heavy atom. The minimum atomic E-state index is 0.226. The molecule has 0 aliphatic heterocycles. The van der Waals surface area contributed by atoms with Crippen LogP contribution in [0.2, 0.25) is 0 Å². The highest BCUT2D eigenvalue weighted by molar-refractivity contribution is 7.11. The van der Waals surface area contributed by atoms with E-state index in [1.165, 1.54) is 4.88 Å². The van der Waals surface area contributed by atoms with Crippen LogP contribution in [0, 0.1) is 0 Å². The zero-order valence-corrected chi connectivity index (χ0v) is 12.3. The number of ether oxygens (including phenoxy) is 1. The topological polar surface area (TPSA) is 58.5 Å². The first-order valence-electron chi connectivity index (χ1n) is 6.09. The van der Waals surface area contributed by atoms with Crippen molar-refractivity contribution in [2.24, 2.45) is 4.99 Å². The molecule has 0 aliphatic carbocycles. The van der Waals surface area contributed by atoms with E-state index >= 15 is 0 Å². The Hall–Kier alpha value is -1.14. The number of aryl methyl sites for hydroxylation is 1. The maximum Gasteiger partial charge on any atom is 0.191 e. The highest BCUT2D eigenvalue weighted by Gasteiger charge is 2.05. The lowest BCUT2D eigenvalue weighted by molar-refractivity contribution is 0.179. The van der Waals surface area contributed by atoms with E-state index < -0.39 is 0 Å². The van der Waals surface area contributed by atoms with Crippen LogP contribution in [-0.2, 0) is 17.7 Å². The first-order valence-corrected chi connectivity index (χ1v) is 6.91. The molecule has 18 heavy (non-hydrogen) atoms. The van der Waals surface area contributed by atoms with Gasteiger partial charge in [0.15, 0.2) is 5.96 Å². The molecule has 102 valence electrons. The lowest BCUT2D eigenvalue weighted by Crippen LogP contribution is -2.43. The number of aliphatic imine (C=N–C) groups is 1. The fourth-order valence-corrected chi connectivity index (χ4v) is 2.27. The molecule has 0 amide bonds. The van der Waals surface area contributed by atoms with Crippen molar-refractivity contribution in [1.29, 1.82) is 0 Å². The van der Waals surface area contributed by atoms with Crippen molar-refractivity contribution in [2.75, 3.05) is 20.8 Å². The molecule has 1 aromatic rings. The highest BCUT2D eigenvalue weighted by Crippen LogP contribution is 2.12. The molecule has 0 aromatic carbocycles. The molecule has 5 nitrogen and oxygen atoms in total. The molecular formula is C12H22N4OS. The summed E-state index contributed by atoms with van der Waals surface area (Å²) in [5, 5.41) is 7.57. The Balaban J connectivity index is 2.40. The van der Waals surface area contributed by atoms with Gasteiger partial charge in [-0.15, -0.1) is 11.3 Å². The van der Waals surface area contributed by atoms with E-state index in [1.807, 2.05) is 6.20 Å². The van der Waals surface area contributed by atoms with Gasteiger partial charge in [-0.2, -0.15) is 0 Å². The predicted molar refractivity (Wildman–Crippen MR) is 76.2 cm³/mol. The zero-order valence-electron chi connectivity index (χ0n) is 11.5. The summed E-state index contributed by atoms with van der Waals surface area (Å²) in [4.78, 5) is 9.83. The molecule has 6 heteroatoms. The number of thiazole rings is 1. The van der Waals surface area contributed by atoms with Gasteiger partial charge in [0.25, 0.3) is 0 Å². The molecule has 1 heterocycles. The number of methoxy groups -OCH3 is 1. The van der Waals surface area contributed by atoms with E-state index in [0.717, 1.165) is 17.4 Å². The fraction of sp³-hybridized carbons (Fsp3) is 0.667. The third-order valence-electron chi connectivity index (χ3n) is 2.38. The second-order valence-corrected chi connectivity index (χ2v) is 5.20. The number of hydrogen-bond acceptors (Lipinski definition) is 4. The molecule has 1 atom stereocenters. The molecule has 0 aliphatic rings. The molecule has 1 aromatic heterocycles. The van der Waals surface area contributed by atoms with Crippen LogP contribution in [0.3, 0.4) is 0 Å². The summed E-state index contributed by atoms with van der Waals surface area (Å²) in [5.74, 6) is 0.771. The van der Waals surface area contributed by atoms with Crippen LogP contribution in [0.1, 0.15) is 23.7 Å². The van der Waals surface area contributed by atoms with Gasteiger partial charge >= 0.3 is 0 Å². The fourth-order valence-electron chi connectivity index (χ4n) is 1.47. The molecule has 1 unspecified atom stereocenters. The smallest absolute Gasteiger partial charge is 0.191 e. The third-order valence-corrected chi connectivity index (χ3v) is 3.52. The van der Waals surface area contributed by atoms with E-state index in [4.69, 9.17) is 4.74 Å². The Labute approximate surface area is 113 Å². The van der Waals surface area contributed by atoms with E-state index in [9.17, 15) is 0 Å². The van der Waals surface area contributed by atoms with Gasteiger partial charge in [0.05, 0.1) is 13.2 Å². The monoisotopic (exact) mass is 270 g/mol. The second-order valence-electron chi connectivity index (χ2n) is 4.00. The van der Waals surface area contributed by atoms with Crippen LogP contribution in [-0.4, -0.2) is 37.7 Å². The molecule has 0 fully saturated rings. The standard InChI is InChI=1S/C12H22N4OS/c1-5-10-6-14-11(18-10)7-15-12(13-3)16-9(2)8-17-4/h6,9H,5,7-8H2,1-4H3,(H2,13,15,16). The zero-order chi connectivity index (χ0) is 13.4. The average Bonchev–Trinajstić information content (AvgIpc) is 2.82. The molecule has 0 bridgehead atoms. The quantitative estimate of drug-likeness (QED) is 0.606. The molecule has 0 saturated heterocycles. The Kier molecular flexibility index (Phi) is 6.67. The van der Waals surface area contributed by atoms with Crippen molar-refractivity contribution in [1.82, 2.24) is 15.6 Å². The van der Waals surface area contributed by atoms with Gasteiger partial charge in [-0.3, -0.25) is 4.99 Å². The summed E-state index contributed by atoms with van der Waals surface area (Å²) in [5.41, 5.74) is 0. The molecule has 2 N–H and O–H groups in total. The lowest BCUT2D eigenvalue weighted by Gasteiger charge is -2.16. The van der Waals surface area contributed by atoms with Crippen LogP contribution in [0.4, 0.5) is 0 Å². The maximum absolute atomic E-state index is 5.07. The van der Waals surface area contributed by atoms with E-state index in [0.29, 0.717) is 13.2 Å². The minimum Gasteiger partial charge on any atom is -0.383 e. The Morgan fingerprint density at radius 3 is 2.94 bits per heavy atom. The SMILES string of the molecule is CCc1cnc(CNC(=NC)NC(C)COC)s1. The molecule has 1 rings (SSSR count). The normalized spacial score (nSPS) is 13.4. The third kappa shape index (κ3) is 5.01. The van der Waals surface area contributed by atoms with Crippen LogP contribution in [0.25, 0.3) is 0 Å². The molecule has 0 spiro atoms. The van der Waals surface area contributed by atoms with E-state index in [2.05, 4.69) is 34.5 Å². The Bertz CT molecular complexity index is 378. The van der Waals surface area contributed by atoms with Gasteiger partial charge in [-0.25, -0.2) is 4.98 Å². The predicted octanol–water partition coefficient (Wildman–Crippen LogP) is 1.41. The first kappa shape index (κ1) is 14.9. The lowest BCUT2D eigenvalue weighted by atomic mass is 10.4. The summed E-state index contributed by atoms with van der Waals surface area (Å²) in [7, 11) is 3.45. The largest absolute Gasteiger partial charge is 0.383 e. The summed E-state index contributed by atoms with van der Waals surface area (Å²) in [6, 6.07) is 0.226. The summed E-state index contributed by atoms with van der Waals surface area (Å²) in [6.45, 7) is 5.54. The van der Waals surface area contributed by atoms with Crippen molar-refractivity contribution in [3.8, 4) is 0 Å². The van der Waals surface area contributed by atoms with Crippen LogP contribution in [0.5, 0.6) is 0 Å². The summed E-state index contributed by atoms with van der Waals surface area (Å²) >= 11 is 1.73. The van der Waals surface area contributed by atoms with Gasteiger partial charge < -0.3 is 15.4 Å². The minimum absolute atomic E-state index is 0.226. The van der Waals surface area contributed by atoms with E-state index in [1.54, 1.807) is 25.5 Å². The summed E-state index contributed by atoms with van der Waals surface area (Å²) in [6.07, 6.45) is 2.97. The molecule has 0 saturated carbocycles. The number of guanidine groups is 1. The van der Waals surface area contributed by atoms with Gasteiger partial charge in [0.2, 0.25) is 0 Å². The maximum atomic E-state index is 5.07. The number of rotatable bonds is 6. The van der Waals surface area contributed by atoms with Crippen molar-refractivity contribution in [2.45, 2.75) is 32.9 Å². The van der Waals surface area contributed by atoms with Crippen molar-refractivity contribution in [3.63, 3.8) is 0 Å². The summed E-state index contributed by atoms with van der Waals surface area (Å²) < 4.78 is 5.07. The first-order chi connectivity index (χ1) is 8.69. The van der Waals surface area contributed by atoms with Crippen molar-refractivity contribution >= 4 is 17.3 Å². The number of aromatic nitrogens is 1. The average molecular weight is 270 g/mol. The number of nitrogens with zero attached hydrogens (tertiary/aromatic N) is 2. The van der Waals surface area contributed by atoms with Gasteiger partial charge in [0, 0.05) is 31.3 Å².